The van der Waals surface area contributed by atoms with Gasteiger partial charge in [-0.1, -0.05) is 37.3 Å². The Bertz CT molecular complexity index is 897. The lowest BCUT2D eigenvalue weighted by Gasteiger charge is -2.39. The van der Waals surface area contributed by atoms with E-state index in [4.69, 9.17) is 4.74 Å². The molecule has 2 aliphatic rings. The van der Waals surface area contributed by atoms with Gasteiger partial charge in [0, 0.05) is 38.4 Å². The summed E-state index contributed by atoms with van der Waals surface area (Å²) in [6, 6.07) is 17.9. The van der Waals surface area contributed by atoms with Crippen LogP contribution in [0.5, 0.6) is 5.75 Å². The van der Waals surface area contributed by atoms with E-state index in [1.807, 2.05) is 59.2 Å². The number of nitrogens with one attached hydrogen (secondary N) is 1. The van der Waals surface area contributed by atoms with E-state index in [-0.39, 0.29) is 18.4 Å². The fourth-order valence-corrected chi connectivity index (χ4v) is 4.07. The zero-order valence-corrected chi connectivity index (χ0v) is 18.0. The first-order chi connectivity index (χ1) is 15.2. The van der Waals surface area contributed by atoms with Crippen molar-refractivity contribution in [3.8, 4) is 5.75 Å². The van der Waals surface area contributed by atoms with E-state index in [1.165, 1.54) is 5.69 Å². The molecule has 2 aliphatic heterocycles. The van der Waals surface area contributed by atoms with E-state index in [9.17, 15) is 9.59 Å². The number of carbonyl (C=O) groups is 2. The Morgan fingerprint density at radius 1 is 1.00 bits per heavy atom. The van der Waals surface area contributed by atoms with Crippen LogP contribution in [-0.4, -0.2) is 68.6 Å². The number of piperazine rings is 1. The van der Waals surface area contributed by atoms with Crippen molar-refractivity contribution in [2.75, 3.05) is 55.6 Å². The van der Waals surface area contributed by atoms with Gasteiger partial charge in [-0.15, -0.1) is 0 Å². The summed E-state index contributed by atoms with van der Waals surface area (Å²) in [6.07, 6.45) is 0.246. The van der Waals surface area contributed by atoms with Crippen LogP contribution in [0.1, 0.15) is 13.3 Å². The van der Waals surface area contributed by atoms with Crippen LogP contribution in [-0.2, 0) is 9.59 Å². The van der Waals surface area contributed by atoms with Crippen LogP contribution in [0.2, 0.25) is 0 Å². The molecule has 31 heavy (non-hydrogen) atoms. The maximum absolute atomic E-state index is 13.1. The van der Waals surface area contributed by atoms with Crippen molar-refractivity contribution in [1.29, 1.82) is 0 Å². The number of para-hydroxylation sites is 3. The Labute approximate surface area is 183 Å². The van der Waals surface area contributed by atoms with Gasteiger partial charge in [-0.3, -0.25) is 9.59 Å². The van der Waals surface area contributed by atoms with Crippen molar-refractivity contribution < 1.29 is 14.3 Å². The third-order valence-electron chi connectivity index (χ3n) is 5.78. The molecule has 0 unspecified atom stereocenters. The highest BCUT2D eigenvalue weighted by Crippen LogP contribution is 2.33. The summed E-state index contributed by atoms with van der Waals surface area (Å²) in [4.78, 5) is 31.8. The summed E-state index contributed by atoms with van der Waals surface area (Å²) in [5.41, 5.74) is 2.05. The summed E-state index contributed by atoms with van der Waals surface area (Å²) in [5.74, 6) is 0.592. The number of benzene rings is 2. The van der Waals surface area contributed by atoms with Gasteiger partial charge in [0.1, 0.15) is 5.75 Å². The Hall–Kier alpha value is -3.22. The number of fused-ring (bicyclic) bond motifs is 1. The van der Waals surface area contributed by atoms with Crippen LogP contribution in [0.25, 0.3) is 0 Å². The van der Waals surface area contributed by atoms with E-state index in [0.29, 0.717) is 31.9 Å². The maximum Gasteiger partial charge on any atom is 0.262 e. The monoisotopic (exact) mass is 422 g/mol. The minimum Gasteiger partial charge on any atom is -0.477 e. The van der Waals surface area contributed by atoms with Gasteiger partial charge >= 0.3 is 0 Å². The molecular formula is C24H30N4O3. The van der Waals surface area contributed by atoms with Crippen LogP contribution in [0, 0.1) is 0 Å². The molecule has 7 nitrogen and oxygen atoms in total. The first-order valence-electron chi connectivity index (χ1n) is 11.0. The van der Waals surface area contributed by atoms with E-state index in [0.717, 1.165) is 25.2 Å². The van der Waals surface area contributed by atoms with Crippen molar-refractivity contribution in [3.05, 3.63) is 54.6 Å². The van der Waals surface area contributed by atoms with Gasteiger partial charge in [-0.05, 0) is 30.7 Å². The first kappa shape index (κ1) is 21.0. The fraction of sp³-hybridized carbons (Fsp3) is 0.417. The Morgan fingerprint density at radius 2 is 1.71 bits per heavy atom. The molecule has 0 bridgehead atoms. The predicted octanol–water partition coefficient (Wildman–Crippen LogP) is 2.13. The second-order valence-electron chi connectivity index (χ2n) is 7.95. The molecule has 7 heteroatoms. The lowest BCUT2D eigenvalue weighted by atomic mass is 10.1. The minimum absolute atomic E-state index is 0.0807. The number of ether oxygens (including phenoxy) is 1. The topological polar surface area (TPSA) is 65.1 Å². The molecular weight excluding hydrogens is 392 g/mol. The quantitative estimate of drug-likeness (QED) is 0.773. The van der Waals surface area contributed by atoms with E-state index in [2.05, 4.69) is 22.3 Å². The smallest absolute Gasteiger partial charge is 0.262 e. The number of hydrogen-bond donors (Lipinski definition) is 1. The molecule has 1 saturated heterocycles. The van der Waals surface area contributed by atoms with Crippen molar-refractivity contribution in [1.82, 2.24) is 10.2 Å². The molecule has 4 rings (SSSR count). The number of nitrogens with zero attached hydrogens (tertiary/aromatic N) is 3. The maximum atomic E-state index is 13.1. The van der Waals surface area contributed by atoms with Crippen LogP contribution >= 0.6 is 0 Å². The SMILES string of the molecule is CCCNC(=O)[C@H]1CN(CC(=O)N2CCN(c3ccccc3)CC2)c2ccccc2O1. The standard InChI is InChI=1S/C24H30N4O3/c1-2-12-25-24(30)22-17-28(20-10-6-7-11-21(20)31-22)18-23(29)27-15-13-26(14-16-27)19-8-4-3-5-9-19/h3-11,22H,2,12-18H2,1H3,(H,25,30)/t22-/m1/s1. The zero-order chi connectivity index (χ0) is 21.6. The third kappa shape index (κ3) is 4.93. The van der Waals surface area contributed by atoms with Crippen LogP contribution in [0.15, 0.2) is 54.6 Å². The molecule has 0 aliphatic carbocycles. The third-order valence-corrected chi connectivity index (χ3v) is 5.78. The number of anilines is 2. The molecule has 2 aromatic carbocycles. The van der Waals surface area contributed by atoms with Crippen LogP contribution in [0.4, 0.5) is 11.4 Å². The van der Waals surface area contributed by atoms with Crippen LogP contribution in [0.3, 0.4) is 0 Å². The molecule has 1 fully saturated rings. The lowest BCUT2D eigenvalue weighted by Crippen LogP contribution is -2.54. The summed E-state index contributed by atoms with van der Waals surface area (Å²) < 4.78 is 5.93. The van der Waals surface area contributed by atoms with Crippen molar-refractivity contribution in [3.63, 3.8) is 0 Å². The molecule has 0 spiro atoms. The first-order valence-corrected chi connectivity index (χ1v) is 11.0. The molecule has 0 saturated carbocycles. The Kier molecular flexibility index (Phi) is 6.60. The second kappa shape index (κ2) is 9.73. The summed E-state index contributed by atoms with van der Waals surface area (Å²) in [7, 11) is 0. The Morgan fingerprint density at radius 3 is 2.45 bits per heavy atom. The number of hydrogen-bond acceptors (Lipinski definition) is 5. The van der Waals surface area contributed by atoms with Gasteiger partial charge in [0.15, 0.2) is 6.10 Å². The average molecular weight is 423 g/mol. The van der Waals surface area contributed by atoms with Crippen molar-refractivity contribution in [2.45, 2.75) is 19.4 Å². The number of amides is 2. The number of carbonyl (C=O) groups excluding carboxylic acids is 2. The largest absolute Gasteiger partial charge is 0.477 e. The van der Waals surface area contributed by atoms with Crippen molar-refractivity contribution in [2.24, 2.45) is 0 Å². The highest BCUT2D eigenvalue weighted by molar-refractivity contribution is 5.86. The van der Waals surface area contributed by atoms with E-state index in [1.54, 1.807) is 0 Å². The summed E-state index contributed by atoms with van der Waals surface area (Å²) >= 11 is 0. The molecule has 0 radical (unpaired) electrons. The highest BCUT2D eigenvalue weighted by Gasteiger charge is 2.32. The van der Waals surface area contributed by atoms with E-state index >= 15 is 0 Å². The van der Waals surface area contributed by atoms with Gasteiger partial charge < -0.3 is 24.8 Å². The van der Waals surface area contributed by atoms with E-state index < -0.39 is 6.10 Å². The van der Waals surface area contributed by atoms with Crippen LogP contribution < -0.4 is 19.9 Å². The predicted molar refractivity (Wildman–Crippen MR) is 122 cm³/mol. The second-order valence-corrected chi connectivity index (χ2v) is 7.95. The minimum atomic E-state index is -0.621. The van der Waals surface area contributed by atoms with Gasteiger partial charge in [0.05, 0.1) is 18.8 Å². The molecule has 164 valence electrons. The summed E-state index contributed by atoms with van der Waals surface area (Å²) in [6.45, 7) is 6.26. The molecule has 1 N–H and O–H groups in total. The van der Waals surface area contributed by atoms with Gasteiger partial charge in [-0.25, -0.2) is 0 Å². The Balaban J connectivity index is 1.39. The molecule has 0 aromatic heterocycles. The summed E-state index contributed by atoms with van der Waals surface area (Å²) in [5, 5.41) is 2.90. The van der Waals surface area contributed by atoms with Gasteiger partial charge in [-0.2, -0.15) is 0 Å². The molecule has 2 amide bonds. The number of rotatable bonds is 6. The molecule has 1 atom stereocenters. The van der Waals surface area contributed by atoms with Gasteiger partial charge in [0.25, 0.3) is 5.91 Å². The highest BCUT2D eigenvalue weighted by atomic mass is 16.5. The molecule has 2 heterocycles. The van der Waals surface area contributed by atoms with Gasteiger partial charge in [0.2, 0.25) is 5.91 Å². The average Bonchev–Trinajstić information content (AvgIpc) is 2.83. The lowest BCUT2D eigenvalue weighted by molar-refractivity contribution is -0.131. The van der Waals surface area contributed by atoms with Crippen molar-refractivity contribution >= 4 is 23.2 Å². The fourth-order valence-electron chi connectivity index (χ4n) is 4.07. The zero-order valence-electron chi connectivity index (χ0n) is 18.0. The normalized spacial score (nSPS) is 18.2. The molecule has 2 aromatic rings.